The van der Waals surface area contributed by atoms with Crippen molar-refractivity contribution in [3.63, 3.8) is 0 Å². The molecule has 1 aromatic carbocycles. The Bertz CT molecular complexity index is 490. The predicted molar refractivity (Wildman–Crippen MR) is 81.0 cm³/mol. The van der Waals surface area contributed by atoms with E-state index in [9.17, 15) is 10.1 Å². The molecule has 2 unspecified atom stereocenters. The summed E-state index contributed by atoms with van der Waals surface area (Å²) in [5.74, 6) is 0.683. The lowest BCUT2D eigenvalue weighted by Gasteiger charge is -2.40. The predicted octanol–water partition coefficient (Wildman–Crippen LogP) is 2.86. The molecule has 20 heavy (non-hydrogen) atoms. The van der Waals surface area contributed by atoms with Crippen molar-refractivity contribution in [2.45, 2.75) is 39.2 Å². The van der Waals surface area contributed by atoms with Gasteiger partial charge in [-0.1, -0.05) is 25.5 Å². The fourth-order valence-corrected chi connectivity index (χ4v) is 3.19. The third-order valence-corrected chi connectivity index (χ3v) is 4.37. The maximum Gasteiger partial charge on any atom is 0.292 e. The Balaban J connectivity index is 2.37. The minimum Gasteiger partial charge on any atom is -0.361 e. The lowest BCUT2D eigenvalue weighted by atomic mass is 9.88. The molecule has 1 aliphatic rings. The van der Waals surface area contributed by atoms with Crippen LogP contribution in [0.1, 0.15) is 31.7 Å². The van der Waals surface area contributed by atoms with Crippen LogP contribution in [0.3, 0.4) is 0 Å². The van der Waals surface area contributed by atoms with Gasteiger partial charge in [0, 0.05) is 25.2 Å². The molecule has 0 saturated carbocycles. The Morgan fingerprint density at radius 1 is 1.50 bits per heavy atom. The maximum atomic E-state index is 11.3. The monoisotopic (exact) mass is 277 g/mol. The smallest absolute Gasteiger partial charge is 0.292 e. The second kappa shape index (κ2) is 6.22. The van der Waals surface area contributed by atoms with Crippen LogP contribution in [-0.2, 0) is 0 Å². The van der Waals surface area contributed by atoms with Crippen LogP contribution in [0.5, 0.6) is 0 Å². The molecule has 2 atom stereocenters. The van der Waals surface area contributed by atoms with Crippen LogP contribution in [0.15, 0.2) is 18.2 Å². The number of nitrogens with zero attached hydrogens (tertiary/aromatic N) is 2. The first-order chi connectivity index (χ1) is 9.58. The number of piperidine rings is 1. The summed E-state index contributed by atoms with van der Waals surface area (Å²) in [4.78, 5) is 13.1. The highest BCUT2D eigenvalue weighted by atomic mass is 16.6. The summed E-state index contributed by atoms with van der Waals surface area (Å²) in [7, 11) is 0. The van der Waals surface area contributed by atoms with Crippen LogP contribution >= 0.6 is 0 Å². The van der Waals surface area contributed by atoms with Crippen LogP contribution in [0.25, 0.3) is 0 Å². The van der Waals surface area contributed by atoms with Gasteiger partial charge in [-0.05, 0) is 31.2 Å². The Morgan fingerprint density at radius 2 is 2.25 bits per heavy atom. The van der Waals surface area contributed by atoms with E-state index in [0.29, 0.717) is 12.5 Å². The first-order valence-electron chi connectivity index (χ1n) is 7.29. The van der Waals surface area contributed by atoms with Gasteiger partial charge < -0.3 is 10.6 Å². The molecule has 1 aliphatic heterocycles. The zero-order valence-electron chi connectivity index (χ0n) is 12.2. The fourth-order valence-electron chi connectivity index (χ4n) is 3.19. The van der Waals surface area contributed by atoms with E-state index in [2.05, 4.69) is 11.8 Å². The number of hydrogen-bond acceptors (Lipinski definition) is 4. The van der Waals surface area contributed by atoms with Crippen LogP contribution in [-0.4, -0.2) is 24.1 Å². The van der Waals surface area contributed by atoms with Crippen molar-refractivity contribution in [2.24, 2.45) is 11.7 Å². The normalized spacial score (nSPS) is 22.9. The number of hydrogen-bond donors (Lipinski definition) is 1. The molecule has 110 valence electrons. The summed E-state index contributed by atoms with van der Waals surface area (Å²) in [5, 5.41) is 11.3. The zero-order valence-corrected chi connectivity index (χ0v) is 12.2. The van der Waals surface area contributed by atoms with E-state index >= 15 is 0 Å². The van der Waals surface area contributed by atoms with Crippen LogP contribution in [0.2, 0.25) is 0 Å². The molecule has 2 rings (SSSR count). The summed E-state index contributed by atoms with van der Waals surface area (Å²) >= 11 is 0. The minimum absolute atomic E-state index is 0.193. The summed E-state index contributed by atoms with van der Waals surface area (Å²) < 4.78 is 0. The minimum atomic E-state index is -0.290. The van der Waals surface area contributed by atoms with Crippen LogP contribution < -0.4 is 10.6 Å². The van der Waals surface area contributed by atoms with Crippen molar-refractivity contribution in [1.29, 1.82) is 0 Å². The van der Waals surface area contributed by atoms with Crippen molar-refractivity contribution in [3.05, 3.63) is 33.9 Å². The highest BCUT2D eigenvalue weighted by molar-refractivity contribution is 5.68. The molecule has 0 amide bonds. The number of nitrogens with two attached hydrogens (primary N) is 1. The number of rotatable bonds is 4. The number of benzene rings is 1. The van der Waals surface area contributed by atoms with E-state index in [1.807, 2.05) is 13.0 Å². The van der Waals surface area contributed by atoms with E-state index in [1.54, 1.807) is 12.1 Å². The first kappa shape index (κ1) is 14.8. The fraction of sp³-hybridized carbons (Fsp3) is 0.600. The molecule has 0 bridgehead atoms. The highest BCUT2D eigenvalue weighted by Crippen LogP contribution is 2.37. The van der Waals surface area contributed by atoms with Gasteiger partial charge in [0.25, 0.3) is 5.69 Å². The standard InChI is InChI=1S/C15H23N3O2/c1-3-12-7-8-17(13(9-12)10-16)15-11(2)5-4-6-14(15)18(19)20/h4-6,12-13H,3,7-10,16H2,1-2H3. The van der Waals surface area contributed by atoms with Crippen molar-refractivity contribution >= 4 is 11.4 Å². The Hall–Kier alpha value is -1.62. The van der Waals surface area contributed by atoms with Gasteiger partial charge in [0.15, 0.2) is 0 Å². The maximum absolute atomic E-state index is 11.3. The zero-order chi connectivity index (χ0) is 14.7. The SMILES string of the molecule is CCC1CCN(c2c(C)cccc2[N+](=O)[O-])C(CN)C1. The summed E-state index contributed by atoms with van der Waals surface area (Å²) in [6.07, 6.45) is 3.26. The van der Waals surface area contributed by atoms with Crippen molar-refractivity contribution in [2.75, 3.05) is 18.0 Å². The van der Waals surface area contributed by atoms with Crippen molar-refractivity contribution < 1.29 is 4.92 Å². The second-order valence-corrected chi connectivity index (χ2v) is 5.58. The molecular weight excluding hydrogens is 254 g/mol. The lowest BCUT2D eigenvalue weighted by Crippen LogP contribution is -2.47. The van der Waals surface area contributed by atoms with Gasteiger partial charge in [-0.2, -0.15) is 0 Å². The molecule has 1 heterocycles. The largest absolute Gasteiger partial charge is 0.361 e. The molecule has 1 fully saturated rings. The lowest BCUT2D eigenvalue weighted by molar-refractivity contribution is -0.384. The number of nitro groups is 1. The molecule has 0 spiro atoms. The van der Waals surface area contributed by atoms with Crippen molar-refractivity contribution in [1.82, 2.24) is 0 Å². The quantitative estimate of drug-likeness (QED) is 0.678. The highest BCUT2D eigenvalue weighted by Gasteiger charge is 2.31. The third-order valence-electron chi connectivity index (χ3n) is 4.37. The van der Waals surface area contributed by atoms with E-state index < -0.39 is 0 Å². The molecule has 0 aromatic heterocycles. The van der Waals surface area contributed by atoms with Gasteiger partial charge in [0.05, 0.1) is 4.92 Å². The van der Waals surface area contributed by atoms with E-state index in [0.717, 1.165) is 37.1 Å². The van der Waals surface area contributed by atoms with Gasteiger partial charge in [0.2, 0.25) is 0 Å². The van der Waals surface area contributed by atoms with Gasteiger partial charge in [-0.25, -0.2) is 0 Å². The number of anilines is 1. The average molecular weight is 277 g/mol. The van der Waals surface area contributed by atoms with E-state index in [-0.39, 0.29) is 16.7 Å². The molecular formula is C15H23N3O2. The van der Waals surface area contributed by atoms with Gasteiger partial charge in [-0.15, -0.1) is 0 Å². The number of para-hydroxylation sites is 1. The van der Waals surface area contributed by atoms with Crippen LogP contribution in [0.4, 0.5) is 11.4 Å². The Kier molecular flexibility index (Phi) is 4.60. The molecule has 1 aromatic rings. The molecule has 2 N–H and O–H groups in total. The van der Waals surface area contributed by atoms with Gasteiger partial charge in [0.1, 0.15) is 5.69 Å². The average Bonchev–Trinajstić information content (AvgIpc) is 2.46. The van der Waals surface area contributed by atoms with E-state index in [4.69, 9.17) is 5.73 Å². The molecule has 1 saturated heterocycles. The molecule has 5 nitrogen and oxygen atoms in total. The van der Waals surface area contributed by atoms with Crippen LogP contribution in [0, 0.1) is 23.0 Å². The molecule has 0 aliphatic carbocycles. The van der Waals surface area contributed by atoms with Crippen molar-refractivity contribution in [3.8, 4) is 0 Å². The Labute approximate surface area is 119 Å². The first-order valence-corrected chi connectivity index (χ1v) is 7.29. The topological polar surface area (TPSA) is 72.4 Å². The van der Waals surface area contributed by atoms with Gasteiger partial charge >= 0.3 is 0 Å². The van der Waals surface area contributed by atoms with Gasteiger partial charge in [-0.3, -0.25) is 10.1 Å². The Morgan fingerprint density at radius 3 is 2.85 bits per heavy atom. The number of aryl methyl sites for hydroxylation is 1. The summed E-state index contributed by atoms with van der Waals surface area (Å²) in [5.41, 5.74) is 7.81. The molecule has 5 heteroatoms. The summed E-state index contributed by atoms with van der Waals surface area (Å²) in [6.45, 7) is 5.53. The third kappa shape index (κ3) is 2.77. The van der Waals surface area contributed by atoms with E-state index in [1.165, 1.54) is 0 Å². The second-order valence-electron chi connectivity index (χ2n) is 5.58. The summed E-state index contributed by atoms with van der Waals surface area (Å²) in [6, 6.07) is 5.46. The number of nitro benzene ring substituents is 1. The molecule has 0 radical (unpaired) electrons.